The fraction of sp³-hybridized carbons (Fsp3) is 0.238. The molecule has 0 unspecified atom stereocenters. The molecule has 1 amide bonds. The maximum atomic E-state index is 12.5. The summed E-state index contributed by atoms with van der Waals surface area (Å²) in [5, 5.41) is 3.70. The predicted octanol–water partition coefficient (Wildman–Crippen LogP) is 4.06. The topological polar surface area (TPSA) is 56.1 Å². The number of carbonyl (C=O) groups excluding carboxylic acids is 1. The summed E-state index contributed by atoms with van der Waals surface area (Å²) in [7, 11) is 1.90. The van der Waals surface area contributed by atoms with Gasteiger partial charge in [-0.3, -0.25) is 4.79 Å². The average molecular weight is 384 g/mol. The van der Waals surface area contributed by atoms with Crippen LogP contribution in [0.2, 0.25) is 5.02 Å². The van der Waals surface area contributed by atoms with Crippen molar-refractivity contribution in [3.05, 3.63) is 82.9 Å². The number of hydrogen-bond donors (Lipinski definition) is 1. The molecule has 0 aliphatic carbocycles. The lowest BCUT2D eigenvalue weighted by molar-refractivity contribution is -0.122. The van der Waals surface area contributed by atoms with Crippen molar-refractivity contribution in [3.8, 4) is 5.75 Å². The molecule has 0 aliphatic rings. The minimum Gasteiger partial charge on any atom is -0.493 e. The van der Waals surface area contributed by atoms with Crippen molar-refractivity contribution in [1.82, 2.24) is 14.9 Å². The van der Waals surface area contributed by atoms with Gasteiger partial charge in [-0.1, -0.05) is 35.9 Å². The highest BCUT2D eigenvalue weighted by Crippen LogP contribution is 2.22. The molecule has 0 spiro atoms. The summed E-state index contributed by atoms with van der Waals surface area (Å²) in [6, 6.07) is 14.8. The molecule has 3 rings (SSSR count). The van der Waals surface area contributed by atoms with Crippen LogP contribution in [0.1, 0.15) is 29.4 Å². The highest BCUT2D eigenvalue weighted by molar-refractivity contribution is 6.30. The Hall–Kier alpha value is -2.79. The first-order chi connectivity index (χ1) is 13.0. The summed E-state index contributed by atoms with van der Waals surface area (Å²) in [5.41, 5.74) is 2.04. The molecule has 0 aliphatic heterocycles. The van der Waals surface area contributed by atoms with E-state index in [1.165, 1.54) is 0 Å². The molecule has 0 saturated carbocycles. The fourth-order valence-electron chi connectivity index (χ4n) is 2.81. The third kappa shape index (κ3) is 5.11. The zero-order chi connectivity index (χ0) is 19.2. The molecule has 27 heavy (non-hydrogen) atoms. The number of rotatable bonds is 7. The number of aromatic nitrogens is 2. The summed E-state index contributed by atoms with van der Waals surface area (Å²) in [6.45, 7) is 2.31. The third-order valence-corrected chi connectivity index (χ3v) is 4.46. The van der Waals surface area contributed by atoms with E-state index in [2.05, 4.69) is 10.3 Å². The van der Waals surface area contributed by atoms with Gasteiger partial charge < -0.3 is 14.6 Å². The van der Waals surface area contributed by atoms with Crippen LogP contribution in [-0.2, 0) is 11.8 Å². The van der Waals surface area contributed by atoms with Crippen LogP contribution in [0.4, 0.5) is 0 Å². The van der Waals surface area contributed by atoms with Gasteiger partial charge in [0.25, 0.3) is 0 Å². The molecule has 1 N–H and O–H groups in total. The number of benzene rings is 2. The standard InChI is InChI=1S/C21H22ClN3O2/c1-15-4-3-5-18(14-15)27-13-10-19(26)24-20(21-23-11-12-25(21)2)16-6-8-17(22)9-7-16/h3-9,11-12,14,20H,10,13H2,1-2H3,(H,24,26)/t20-/m1/s1. The van der Waals surface area contributed by atoms with E-state index in [1.807, 2.05) is 61.1 Å². The van der Waals surface area contributed by atoms with E-state index in [9.17, 15) is 4.79 Å². The number of aryl methyl sites for hydroxylation is 2. The van der Waals surface area contributed by atoms with Gasteiger partial charge in [-0.25, -0.2) is 4.98 Å². The van der Waals surface area contributed by atoms with Crippen molar-refractivity contribution >= 4 is 17.5 Å². The van der Waals surface area contributed by atoms with Gasteiger partial charge in [0.05, 0.1) is 13.0 Å². The second kappa shape index (κ2) is 8.73. The second-order valence-corrected chi connectivity index (χ2v) is 6.80. The van der Waals surface area contributed by atoms with E-state index < -0.39 is 0 Å². The zero-order valence-electron chi connectivity index (χ0n) is 15.4. The predicted molar refractivity (Wildman–Crippen MR) is 106 cm³/mol. The number of hydrogen-bond acceptors (Lipinski definition) is 3. The van der Waals surface area contributed by atoms with Crippen molar-refractivity contribution in [1.29, 1.82) is 0 Å². The third-order valence-electron chi connectivity index (χ3n) is 4.21. The smallest absolute Gasteiger partial charge is 0.224 e. The summed E-state index contributed by atoms with van der Waals surface area (Å²) in [4.78, 5) is 16.9. The molecular formula is C21H22ClN3O2. The Morgan fingerprint density at radius 3 is 2.70 bits per heavy atom. The lowest BCUT2D eigenvalue weighted by Gasteiger charge is -2.19. The number of amides is 1. The SMILES string of the molecule is Cc1cccc(OCCC(=O)N[C@H](c2ccc(Cl)cc2)c2nccn2C)c1. The highest BCUT2D eigenvalue weighted by atomic mass is 35.5. The molecule has 3 aromatic rings. The lowest BCUT2D eigenvalue weighted by atomic mass is 10.1. The first-order valence-corrected chi connectivity index (χ1v) is 9.12. The normalized spacial score (nSPS) is 11.8. The molecule has 5 nitrogen and oxygen atoms in total. The van der Waals surface area contributed by atoms with E-state index in [4.69, 9.17) is 16.3 Å². The zero-order valence-corrected chi connectivity index (χ0v) is 16.1. The molecule has 0 saturated heterocycles. The van der Waals surface area contributed by atoms with E-state index in [1.54, 1.807) is 18.3 Å². The Labute approximate surface area is 164 Å². The Morgan fingerprint density at radius 1 is 1.26 bits per heavy atom. The molecule has 2 aromatic carbocycles. The summed E-state index contributed by atoms with van der Waals surface area (Å²) < 4.78 is 7.57. The maximum Gasteiger partial charge on any atom is 0.224 e. The van der Waals surface area contributed by atoms with Gasteiger partial charge in [-0.2, -0.15) is 0 Å². The largest absolute Gasteiger partial charge is 0.493 e. The first-order valence-electron chi connectivity index (χ1n) is 8.74. The van der Waals surface area contributed by atoms with E-state index >= 15 is 0 Å². The molecule has 1 atom stereocenters. The molecule has 140 valence electrons. The Kier molecular flexibility index (Phi) is 6.14. The van der Waals surface area contributed by atoms with Crippen LogP contribution in [0.5, 0.6) is 5.75 Å². The second-order valence-electron chi connectivity index (χ2n) is 6.36. The van der Waals surface area contributed by atoms with E-state index in [0.29, 0.717) is 11.6 Å². The molecule has 6 heteroatoms. The number of imidazole rings is 1. The van der Waals surface area contributed by atoms with Crippen molar-refractivity contribution in [3.63, 3.8) is 0 Å². The summed E-state index contributed by atoms with van der Waals surface area (Å²) in [6.07, 6.45) is 3.82. The van der Waals surface area contributed by atoms with Gasteiger partial charge in [0.1, 0.15) is 17.6 Å². The van der Waals surface area contributed by atoms with E-state index in [0.717, 1.165) is 22.7 Å². The van der Waals surface area contributed by atoms with Gasteiger partial charge in [0, 0.05) is 24.5 Å². The van der Waals surface area contributed by atoms with Crippen LogP contribution < -0.4 is 10.1 Å². The highest BCUT2D eigenvalue weighted by Gasteiger charge is 2.20. The van der Waals surface area contributed by atoms with Crippen molar-refractivity contribution in [2.45, 2.75) is 19.4 Å². The average Bonchev–Trinajstić information content (AvgIpc) is 3.06. The van der Waals surface area contributed by atoms with Crippen molar-refractivity contribution < 1.29 is 9.53 Å². The van der Waals surface area contributed by atoms with Crippen molar-refractivity contribution in [2.75, 3.05) is 6.61 Å². The van der Waals surface area contributed by atoms with Gasteiger partial charge >= 0.3 is 0 Å². The minimum absolute atomic E-state index is 0.106. The van der Waals surface area contributed by atoms with Crippen LogP contribution in [0.15, 0.2) is 60.9 Å². The fourth-order valence-corrected chi connectivity index (χ4v) is 2.93. The molecule has 0 fully saturated rings. The Bertz CT molecular complexity index is 906. The number of nitrogens with zero attached hydrogens (tertiary/aromatic N) is 2. The molecule has 1 heterocycles. The minimum atomic E-state index is -0.353. The van der Waals surface area contributed by atoms with Crippen molar-refractivity contribution in [2.24, 2.45) is 7.05 Å². The van der Waals surface area contributed by atoms with Gasteiger partial charge in [0.2, 0.25) is 5.91 Å². The number of nitrogens with one attached hydrogen (secondary N) is 1. The van der Waals surface area contributed by atoms with Crippen LogP contribution in [0.25, 0.3) is 0 Å². The summed E-state index contributed by atoms with van der Waals surface area (Å²) in [5.74, 6) is 1.41. The van der Waals surface area contributed by atoms with Gasteiger partial charge in [-0.05, 0) is 42.3 Å². The van der Waals surface area contributed by atoms with Crippen LogP contribution in [-0.4, -0.2) is 22.1 Å². The first kappa shape index (κ1) is 19.0. The van der Waals surface area contributed by atoms with Crippen LogP contribution in [0.3, 0.4) is 0 Å². The van der Waals surface area contributed by atoms with Gasteiger partial charge in [0.15, 0.2) is 0 Å². The monoisotopic (exact) mass is 383 g/mol. The molecule has 1 aromatic heterocycles. The maximum absolute atomic E-state index is 12.5. The quantitative estimate of drug-likeness (QED) is 0.669. The lowest BCUT2D eigenvalue weighted by Crippen LogP contribution is -2.32. The molecule has 0 radical (unpaired) electrons. The van der Waals surface area contributed by atoms with Crippen LogP contribution in [0, 0.1) is 6.92 Å². The number of carbonyl (C=O) groups is 1. The van der Waals surface area contributed by atoms with E-state index in [-0.39, 0.29) is 18.4 Å². The Balaban J connectivity index is 1.66. The van der Waals surface area contributed by atoms with Crippen LogP contribution >= 0.6 is 11.6 Å². The molecular weight excluding hydrogens is 362 g/mol. The summed E-state index contributed by atoms with van der Waals surface area (Å²) >= 11 is 5.99. The van der Waals surface area contributed by atoms with Gasteiger partial charge in [-0.15, -0.1) is 0 Å². The number of ether oxygens (including phenoxy) is 1. The Morgan fingerprint density at radius 2 is 2.04 bits per heavy atom. The molecule has 0 bridgehead atoms. The number of halogens is 1.